The molecule has 7 nitrogen and oxygen atoms in total. The van der Waals surface area contributed by atoms with Gasteiger partial charge < -0.3 is 24.8 Å². The molecule has 1 aromatic carbocycles. The van der Waals surface area contributed by atoms with E-state index in [1.807, 2.05) is 18.2 Å². The highest BCUT2D eigenvalue weighted by molar-refractivity contribution is 5.95. The van der Waals surface area contributed by atoms with Crippen molar-refractivity contribution >= 4 is 17.4 Å². The van der Waals surface area contributed by atoms with E-state index in [1.165, 1.54) is 0 Å². The highest BCUT2D eigenvalue weighted by Gasteiger charge is 2.17. The van der Waals surface area contributed by atoms with Crippen LogP contribution in [0.4, 0.5) is 11.5 Å². The maximum Gasteiger partial charge on any atom is 0.262 e. The van der Waals surface area contributed by atoms with Gasteiger partial charge in [0.1, 0.15) is 23.0 Å². The van der Waals surface area contributed by atoms with Gasteiger partial charge in [0, 0.05) is 18.2 Å². The third-order valence-corrected chi connectivity index (χ3v) is 3.43. The SMILES string of the molecule is COc1ccc(CNc2ccc3c(n2)OCC(=O)N3)c(OC)c1. The first-order valence-electron chi connectivity index (χ1n) is 7.08. The van der Waals surface area contributed by atoms with Gasteiger partial charge >= 0.3 is 0 Å². The number of carbonyl (C=O) groups is 1. The van der Waals surface area contributed by atoms with Gasteiger partial charge in [-0.25, -0.2) is 0 Å². The maximum absolute atomic E-state index is 11.2. The van der Waals surface area contributed by atoms with Crippen LogP contribution in [0.1, 0.15) is 5.56 Å². The number of anilines is 2. The molecule has 3 rings (SSSR count). The van der Waals surface area contributed by atoms with Gasteiger partial charge in [0.25, 0.3) is 5.91 Å². The number of fused-ring (bicyclic) bond motifs is 1. The first kappa shape index (κ1) is 15.0. The predicted octanol–water partition coefficient (Wildman–Crippen LogP) is 2.04. The summed E-state index contributed by atoms with van der Waals surface area (Å²) in [6, 6.07) is 9.17. The van der Waals surface area contributed by atoms with E-state index >= 15 is 0 Å². The minimum absolute atomic E-state index is 0.0181. The maximum atomic E-state index is 11.2. The Labute approximate surface area is 133 Å². The lowest BCUT2D eigenvalue weighted by Gasteiger charge is -2.18. The van der Waals surface area contributed by atoms with Crippen molar-refractivity contribution in [3.8, 4) is 17.4 Å². The van der Waals surface area contributed by atoms with Crippen molar-refractivity contribution in [3.05, 3.63) is 35.9 Å². The van der Waals surface area contributed by atoms with Crippen molar-refractivity contribution in [3.63, 3.8) is 0 Å². The van der Waals surface area contributed by atoms with Crippen LogP contribution in [0.2, 0.25) is 0 Å². The first-order valence-corrected chi connectivity index (χ1v) is 7.08. The predicted molar refractivity (Wildman–Crippen MR) is 85.2 cm³/mol. The number of methoxy groups -OCH3 is 2. The number of carbonyl (C=O) groups excluding carboxylic acids is 1. The standard InChI is InChI=1S/C16H17N3O4/c1-21-11-4-3-10(13(7-11)22-2)8-17-14-6-5-12-16(19-14)23-9-15(20)18-12/h3-7H,8-9H2,1-2H3,(H,17,19)(H,18,20). The van der Waals surface area contributed by atoms with Crippen LogP contribution in [-0.4, -0.2) is 31.7 Å². The summed E-state index contributed by atoms with van der Waals surface area (Å²) in [5.41, 5.74) is 1.55. The van der Waals surface area contributed by atoms with Crippen LogP contribution in [0.25, 0.3) is 0 Å². The number of rotatable bonds is 5. The zero-order valence-electron chi connectivity index (χ0n) is 12.9. The molecule has 0 fully saturated rings. The molecule has 1 amide bonds. The number of hydrogen-bond acceptors (Lipinski definition) is 6. The number of hydrogen-bond donors (Lipinski definition) is 2. The van der Waals surface area contributed by atoms with Crippen molar-refractivity contribution in [2.24, 2.45) is 0 Å². The van der Waals surface area contributed by atoms with E-state index in [1.54, 1.807) is 26.4 Å². The molecule has 0 unspecified atom stereocenters. The van der Waals surface area contributed by atoms with Crippen LogP contribution in [0.3, 0.4) is 0 Å². The number of ether oxygens (including phenoxy) is 3. The van der Waals surface area contributed by atoms with Crippen molar-refractivity contribution in [2.45, 2.75) is 6.54 Å². The molecule has 2 heterocycles. The van der Waals surface area contributed by atoms with Crippen LogP contribution in [0.5, 0.6) is 17.4 Å². The Morgan fingerprint density at radius 1 is 1.26 bits per heavy atom. The van der Waals surface area contributed by atoms with Gasteiger partial charge in [0.15, 0.2) is 6.61 Å². The second-order valence-corrected chi connectivity index (χ2v) is 4.92. The highest BCUT2D eigenvalue weighted by Crippen LogP contribution is 2.28. The van der Waals surface area contributed by atoms with Gasteiger partial charge in [-0.2, -0.15) is 4.98 Å². The van der Waals surface area contributed by atoms with Crippen molar-refractivity contribution in [2.75, 3.05) is 31.5 Å². The topological polar surface area (TPSA) is 81.7 Å². The summed E-state index contributed by atoms with van der Waals surface area (Å²) in [6.07, 6.45) is 0. The summed E-state index contributed by atoms with van der Waals surface area (Å²) in [5, 5.41) is 5.91. The largest absolute Gasteiger partial charge is 0.497 e. The molecule has 0 saturated heterocycles. The summed E-state index contributed by atoms with van der Waals surface area (Å²) in [4.78, 5) is 15.6. The molecule has 0 saturated carbocycles. The Hall–Kier alpha value is -2.96. The average molecular weight is 315 g/mol. The summed E-state index contributed by atoms with van der Waals surface area (Å²) in [7, 11) is 3.23. The minimum Gasteiger partial charge on any atom is -0.497 e. The Morgan fingerprint density at radius 3 is 2.91 bits per heavy atom. The minimum atomic E-state index is -0.178. The molecular weight excluding hydrogens is 298 g/mol. The van der Waals surface area contributed by atoms with Crippen LogP contribution in [-0.2, 0) is 11.3 Å². The number of aromatic nitrogens is 1. The number of nitrogens with zero attached hydrogens (tertiary/aromatic N) is 1. The van der Waals surface area contributed by atoms with E-state index in [0.717, 1.165) is 17.1 Å². The Kier molecular flexibility index (Phi) is 4.18. The zero-order valence-corrected chi connectivity index (χ0v) is 12.9. The molecule has 1 aliphatic rings. The summed E-state index contributed by atoms with van der Waals surface area (Å²) < 4.78 is 15.8. The molecule has 7 heteroatoms. The van der Waals surface area contributed by atoms with Gasteiger partial charge in [-0.1, -0.05) is 0 Å². The third kappa shape index (κ3) is 3.28. The molecule has 1 aromatic heterocycles. The smallest absolute Gasteiger partial charge is 0.262 e. The van der Waals surface area contributed by atoms with Crippen LogP contribution >= 0.6 is 0 Å². The monoisotopic (exact) mass is 315 g/mol. The Bertz CT molecular complexity index is 733. The number of benzene rings is 1. The normalized spacial score (nSPS) is 12.7. The molecule has 0 spiro atoms. The number of nitrogens with one attached hydrogen (secondary N) is 2. The van der Waals surface area contributed by atoms with E-state index in [2.05, 4.69) is 15.6 Å². The van der Waals surface area contributed by atoms with Crippen LogP contribution in [0, 0.1) is 0 Å². The van der Waals surface area contributed by atoms with Crippen molar-refractivity contribution in [1.29, 1.82) is 0 Å². The fraction of sp³-hybridized carbons (Fsp3) is 0.250. The summed E-state index contributed by atoms with van der Waals surface area (Å²) >= 11 is 0. The van der Waals surface area contributed by atoms with Crippen molar-refractivity contribution < 1.29 is 19.0 Å². The molecule has 0 bridgehead atoms. The van der Waals surface area contributed by atoms with E-state index in [9.17, 15) is 4.79 Å². The van der Waals surface area contributed by atoms with Gasteiger partial charge in [0.05, 0.1) is 14.2 Å². The molecule has 2 aromatic rings. The molecule has 0 radical (unpaired) electrons. The first-order chi connectivity index (χ1) is 11.2. The van der Waals surface area contributed by atoms with Crippen LogP contribution < -0.4 is 24.8 Å². The average Bonchev–Trinajstić information content (AvgIpc) is 2.59. The van der Waals surface area contributed by atoms with Gasteiger partial charge in [-0.3, -0.25) is 4.79 Å². The molecular formula is C16H17N3O4. The van der Waals surface area contributed by atoms with E-state index in [-0.39, 0.29) is 12.5 Å². The second-order valence-electron chi connectivity index (χ2n) is 4.92. The Morgan fingerprint density at radius 2 is 2.13 bits per heavy atom. The third-order valence-electron chi connectivity index (χ3n) is 3.43. The van der Waals surface area contributed by atoms with Gasteiger partial charge in [0.2, 0.25) is 5.88 Å². The fourth-order valence-electron chi connectivity index (χ4n) is 2.25. The lowest BCUT2D eigenvalue weighted by atomic mass is 10.2. The molecule has 120 valence electrons. The van der Waals surface area contributed by atoms with Gasteiger partial charge in [-0.05, 0) is 24.3 Å². The zero-order chi connectivity index (χ0) is 16.2. The molecule has 1 aliphatic heterocycles. The molecule has 0 aliphatic carbocycles. The van der Waals surface area contributed by atoms with Crippen LogP contribution in [0.15, 0.2) is 30.3 Å². The number of amides is 1. The quantitative estimate of drug-likeness (QED) is 0.879. The lowest BCUT2D eigenvalue weighted by Crippen LogP contribution is -2.26. The van der Waals surface area contributed by atoms with E-state index in [0.29, 0.717) is 23.9 Å². The lowest BCUT2D eigenvalue weighted by molar-refractivity contribution is -0.118. The molecule has 23 heavy (non-hydrogen) atoms. The summed E-state index contributed by atoms with van der Waals surface area (Å²) in [6.45, 7) is 0.515. The molecule has 0 atom stereocenters. The fourth-order valence-corrected chi connectivity index (χ4v) is 2.25. The Balaban J connectivity index is 1.72. The van der Waals surface area contributed by atoms with Crippen molar-refractivity contribution in [1.82, 2.24) is 4.98 Å². The van der Waals surface area contributed by atoms with E-state index in [4.69, 9.17) is 14.2 Å². The summed E-state index contributed by atoms with van der Waals surface area (Å²) in [5.74, 6) is 2.36. The highest BCUT2D eigenvalue weighted by atomic mass is 16.5. The van der Waals surface area contributed by atoms with Gasteiger partial charge in [-0.15, -0.1) is 0 Å². The van der Waals surface area contributed by atoms with E-state index < -0.39 is 0 Å². The molecule has 2 N–H and O–H groups in total. The second kappa shape index (κ2) is 6.43. The number of pyridine rings is 1.